The molecule has 3 heteroatoms. The fourth-order valence-electron chi connectivity index (χ4n) is 1.91. The smallest absolute Gasteiger partial charge is 0.115 e. The van der Waals surface area contributed by atoms with Crippen LogP contribution in [0.25, 0.3) is 0 Å². The summed E-state index contributed by atoms with van der Waals surface area (Å²) in [5, 5.41) is 12.7. The average Bonchev–Trinajstić information content (AvgIpc) is 2.28. The van der Waals surface area contributed by atoms with E-state index in [1.807, 2.05) is 12.1 Å². The predicted octanol–water partition coefficient (Wildman–Crippen LogP) is 2.34. The maximum Gasteiger partial charge on any atom is 0.115 e. The Balaban J connectivity index is 2.27. The van der Waals surface area contributed by atoms with Gasteiger partial charge in [0.2, 0.25) is 0 Å². The number of hydrogen-bond donors (Lipinski definition) is 2. The Morgan fingerprint density at radius 3 is 2.41 bits per heavy atom. The van der Waals surface area contributed by atoms with Crippen molar-refractivity contribution in [2.45, 2.75) is 38.8 Å². The molecule has 0 aromatic heterocycles. The number of aryl methyl sites for hydroxylation is 1. The molecule has 0 saturated heterocycles. The molecule has 0 fully saturated rings. The summed E-state index contributed by atoms with van der Waals surface area (Å²) in [6.45, 7) is 5.05. The van der Waals surface area contributed by atoms with E-state index in [4.69, 9.17) is 4.74 Å². The van der Waals surface area contributed by atoms with Crippen molar-refractivity contribution in [1.82, 2.24) is 5.32 Å². The molecule has 0 aliphatic carbocycles. The highest BCUT2D eigenvalue weighted by atomic mass is 16.5. The Hall–Kier alpha value is -1.06. The minimum Gasteiger partial charge on any atom is -0.508 e. The molecule has 0 spiro atoms. The van der Waals surface area contributed by atoms with E-state index in [1.54, 1.807) is 19.2 Å². The zero-order chi connectivity index (χ0) is 12.7. The fourth-order valence-corrected chi connectivity index (χ4v) is 1.91. The Morgan fingerprint density at radius 1 is 1.18 bits per heavy atom. The summed E-state index contributed by atoms with van der Waals surface area (Å²) in [7, 11) is 1.72. The fraction of sp³-hybridized carbons (Fsp3) is 0.571. The van der Waals surface area contributed by atoms with Gasteiger partial charge in [-0.2, -0.15) is 0 Å². The van der Waals surface area contributed by atoms with Gasteiger partial charge in [0.05, 0.1) is 6.61 Å². The first-order valence-electron chi connectivity index (χ1n) is 6.14. The van der Waals surface area contributed by atoms with Gasteiger partial charge in [0, 0.05) is 19.2 Å². The molecule has 0 heterocycles. The van der Waals surface area contributed by atoms with Gasteiger partial charge in [0.1, 0.15) is 5.75 Å². The summed E-state index contributed by atoms with van der Waals surface area (Å²) < 4.78 is 5.09. The average molecular weight is 237 g/mol. The Bertz CT molecular complexity index is 311. The van der Waals surface area contributed by atoms with E-state index < -0.39 is 0 Å². The Labute approximate surface area is 104 Å². The van der Waals surface area contributed by atoms with Crippen molar-refractivity contribution < 1.29 is 9.84 Å². The molecule has 1 aromatic carbocycles. The van der Waals surface area contributed by atoms with Crippen LogP contribution in [0.5, 0.6) is 5.75 Å². The molecule has 2 atom stereocenters. The standard InChI is InChI=1S/C14H23NO2/c1-11(15-12(2)10-17-3)4-5-13-6-8-14(16)9-7-13/h6-9,11-12,15-16H,4-5,10H2,1-3H3/t11-,12-/m0/s1. The molecule has 0 aliphatic rings. The Morgan fingerprint density at radius 2 is 1.82 bits per heavy atom. The van der Waals surface area contributed by atoms with Crippen molar-refractivity contribution in [2.24, 2.45) is 0 Å². The third kappa shape index (κ3) is 5.71. The zero-order valence-corrected chi connectivity index (χ0v) is 10.9. The first kappa shape index (κ1) is 14.0. The lowest BCUT2D eigenvalue weighted by Gasteiger charge is -2.19. The van der Waals surface area contributed by atoms with E-state index in [1.165, 1.54) is 5.56 Å². The monoisotopic (exact) mass is 237 g/mol. The first-order chi connectivity index (χ1) is 8.11. The molecular weight excluding hydrogens is 214 g/mol. The molecule has 0 bridgehead atoms. The quantitative estimate of drug-likeness (QED) is 0.765. The van der Waals surface area contributed by atoms with Gasteiger partial charge < -0.3 is 15.2 Å². The van der Waals surface area contributed by atoms with Gasteiger partial charge in [-0.1, -0.05) is 12.1 Å². The molecule has 2 N–H and O–H groups in total. The van der Waals surface area contributed by atoms with Gasteiger partial charge in [-0.3, -0.25) is 0 Å². The van der Waals surface area contributed by atoms with E-state index in [-0.39, 0.29) is 0 Å². The lowest BCUT2D eigenvalue weighted by molar-refractivity contribution is 0.167. The lowest BCUT2D eigenvalue weighted by atomic mass is 10.1. The van der Waals surface area contributed by atoms with Gasteiger partial charge in [0.25, 0.3) is 0 Å². The van der Waals surface area contributed by atoms with Gasteiger partial charge in [-0.05, 0) is 44.4 Å². The summed E-state index contributed by atoms with van der Waals surface area (Å²) in [6.07, 6.45) is 2.10. The molecule has 3 nitrogen and oxygen atoms in total. The number of hydrogen-bond acceptors (Lipinski definition) is 3. The molecule has 1 aromatic rings. The topological polar surface area (TPSA) is 41.5 Å². The summed E-state index contributed by atoms with van der Waals surface area (Å²) in [6, 6.07) is 8.27. The predicted molar refractivity (Wildman–Crippen MR) is 70.4 cm³/mol. The van der Waals surface area contributed by atoms with Gasteiger partial charge in [-0.15, -0.1) is 0 Å². The second kappa shape index (κ2) is 7.30. The number of ether oxygens (including phenoxy) is 1. The van der Waals surface area contributed by atoms with Crippen LogP contribution in [0.4, 0.5) is 0 Å². The van der Waals surface area contributed by atoms with Crippen LogP contribution in [0.2, 0.25) is 0 Å². The van der Waals surface area contributed by atoms with Crippen LogP contribution in [0.1, 0.15) is 25.8 Å². The van der Waals surface area contributed by atoms with Crippen molar-refractivity contribution in [3.8, 4) is 5.75 Å². The number of phenolic OH excluding ortho intramolecular Hbond substituents is 1. The van der Waals surface area contributed by atoms with Crippen molar-refractivity contribution in [2.75, 3.05) is 13.7 Å². The highest BCUT2D eigenvalue weighted by Gasteiger charge is 2.07. The van der Waals surface area contributed by atoms with Gasteiger partial charge >= 0.3 is 0 Å². The van der Waals surface area contributed by atoms with Crippen LogP contribution in [0.3, 0.4) is 0 Å². The van der Waals surface area contributed by atoms with Crippen molar-refractivity contribution in [1.29, 1.82) is 0 Å². The van der Waals surface area contributed by atoms with E-state index in [0.29, 0.717) is 17.8 Å². The number of benzene rings is 1. The highest BCUT2D eigenvalue weighted by molar-refractivity contribution is 5.25. The number of methoxy groups -OCH3 is 1. The van der Waals surface area contributed by atoms with E-state index >= 15 is 0 Å². The normalized spacial score (nSPS) is 14.5. The molecule has 1 rings (SSSR count). The van der Waals surface area contributed by atoms with Gasteiger partial charge in [0.15, 0.2) is 0 Å². The minimum absolute atomic E-state index is 0.327. The molecule has 0 saturated carbocycles. The van der Waals surface area contributed by atoms with Crippen LogP contribution in [0.15, 0.2) is 24.3 Å². The number of aromatic hydroxyl groups is 1. The van der Waals surface area contributed by atoms with E-state index in [2.05, 4.69) is 19.2 Å². The first-order valence-corrected chi connectivity index (χ1v) is 6.14. The lowest BCUT2D eigenvalue weighted by Crippen LogP contribution is -2.37. The number of phenols is 1. The summed E-state index contributed by atoms with van der Waals surface area (Å²) in [5.41, 5.74) is 1.26. The van der Waals surface area contributed by atoms with Crippen molar-refractivity contribution >= 4 is 0 Å². The van der Waals surface area contributed by atoms with Crippen LogP contribution in [-0.4, -0.2) is 30.9 Å². The summed E-state index contributed by atoms with van der Waals surface area (Å²) in [4.78, 5) is 0. The highest BCUT2D eigenvalue weighted by Crippen LogP contribution is 2.12. The molecule has 17 heavy (non-hydrogen) atoms. The molecule has 96 valence electrons. The van der Waals surface area contributed by atoms with E-state index in [0.717, 1.165) is 19.4 Å². The second-order valence-corrected chi connectivity index (χ2v) is 4.63. The van der Waals surface area contributed by atoms with Crippen molar-refractivity contribution in [3.05, 3.63) is 29.8 Å². The third-order valence-electron chi connectivity index (χ3n) is 2.79. The largest absolute Gasteiger partial charge is 0.508 e. The van der Waals surface area contributed by atoms with Crippen LogP contribution in [-0.2, 0) is 11.2 Å². The molecule has 0 amide bonds. The molecular formula is C14H23NO2. The molecule has 0 unspecified atom stereocenters. The summed E-state index contributed by atoms with van der Waals surface area (Å²) in [5.74, 6) is 0.327. The maximum atomic E-state index is 9.19. The van der Waals surface area contributed by atoms with Crippen molar-refractivity contribution in [3.63, 3.8) is 0 Å². The maximum absolute atomic E-state index is 9.19. The summed E-state index contributed by atoms with van der Waals surface area (Å²) >= 11 is 0. The zero-order valence-electron chi connectivity index (χ0n) is 10.9. The van der Waals surface area contributed by atoms with Crippen LogP contribution < -0.4 is 5.32 Å². The van der Waals surface area contributed by atoms with E-state index in [9.17, 15) is 5.11 Å². The Kier molecular flexibility index (Phi) is 6.01. The molecule has 0 aliphatic heterocycles. The SMILES string of the molecule is COC[C@H](C)N[C@@H](C)CCc1ccc(O)cc1. The third-order valence-corrected chi connectivity index (χ3v) is 2.79. The number of rotatable bonds is 7. The van der Waals surface area contributed by atoms with Crippen LogP contribution in [0, 0.1) is 0 Å². The second-order valence-electron chi connectivity index (χ2n) is 4.63. The molecule has 0 radical (unpaired) electrons. The van der Waals surface area contributed by atoms with Gasteiger partial charge in [-0.25, -0.2) is 0 Å². The van der Waals surface area contributed by atoms with Crippen LogP contribution >= 0.6 is 0 Å². The number of nitrogens with one attached hydrogen (secondary N) is 1. The minimum atomic E-state index is 0.327.